The van der Waals surface area contributed by atoms with Crippen LogP contribution in [0.3, 0.4) is 0 Å². The standard InChI is InChI=1S/C22H29NO3/c1-3-26-21(25)17-14-16-15(13-18(17)23-11-4-5-12-23)8-10-22(2)9-6-7-19(24)20(16)22/h13-14,20H,3-12H2,1-2H3/t20-,22-/m0/s1. The smallest absolute Gasteiger partial charge is 0.340 e. The molecule has 0 bridgehead atoms. The van der Waals surface area contributed by atoms with Gasteiger partial charge in [-0.15, -0.1) is 0 Å². The highest BCUT2D eigenvalue weighted by molar-refractivity contribution is 5.98. The molecule has 3 aliphatic rings. The molecule has 2 atom stereocenters. The molecule has 2 fully saturated rings. The number of anilines is 1. The Labute approximate surface area is 155 Å². The lowest BCUT2D eigenvalue weighted by Crippen LogP contribution is -2.39. The number of ketones is 1. The Hall–Kier alpha value is -1.84. The summed E-state index contributed by atoms with van der Waals surface area (Å²) >= 11 is 0. The van der Waals surface area contributed by atoms with Gasteiger partial charge < -0.3 is 9.64 Å². The van der Waals surface area contributed by atoms with Crippen LogP contribution in [-0.2, 0) is 16.0 Å². The molecule has 4 nitrogen and oxygen atoms in total. The lowest BCUT2D eigenvalue weighted by Gasteiger charge is -2.45. The average molecular weight is 355 g/mol. The van der Waals surface area contributed by atoms with Gasteiger partial charge in [0.2, 0.25) is 0 Å². The van der Waals surface area contributed by atoms with Crippen molar-refractivity contribution in [1.82, 2.24) is 0 Å². The van der Waals surface area contributed by atoms with Crippen molar-refractivity contribution in [3.8, 4) is 0 Å². The molecule has 1 aromatic carbocycles. The van der Waals surface area contributed by atoms with Crippen molar-refractivity contribution < 1.29 is 14.3 Å². The number of Topliss-reactive ketones (excluding diaryl/α,β-unsaturated/α-hetero) is 1. The number of carbonyl (C=O) groups excluding carboxylic acids is 2. The molecule has 4 heteroatoms. The highest BCUT2D eigenvalue weighted by atomic mass is 16.5. The van der Waals surface area contributed by atoms with E-state index in [2.05, 4.69) is 17.9 Å². The molecule has 140 valence electrons. The molecular weight excluding hydrogens is 326 g/mol. The highest BCUT2D eigenvalue weighted by Gasteiger charge is 2.46. The maximum Gasteiger partial charge on any atom is 0.340 e. The largest absolute Gasteiger partial charge is 0.462 e. The number of benzene rings is 1. The van der Waals surface area contributed by atoms with Gasteiger partial charge in [-0.25, -0.2) is 4.79 Å². The molecule has 4 rings (SSSR count). The third-order valence-corrected chi connectivity index (χ3v) is 6.67. The van der Waals surface area contributed by atoms with Crippen LogP contribution in [0, 0.1) is 5.41 Å². The van der Waals surface area contributed by atoms with Gasteiger partial charge in [0, 0.05) is 25.4 Å². The Morgan fingerprint density at radius 3 is 2.69 bits per heavy atom. The van der Waals surface area contributed by atoms with Crippen LogP contribution in [0.15, 0.2) is 12.1 Å². The Kier molecular flexibility index (Phi) is 4.54. The van der Waals surface area contributed by atoms with E-state index in [1.807, 2.05) is 13.0 Å². The number of hydrogen-bond acceptors (Lipinski definition) is 4. The third kappa shape index (κ3) is 2.83. The van der Waals surface area contributed by atoms with Crippen molar-refractivity contribution >= 4 is 17.4 Å². The zero-order chi connectivity index (χ0) is 18.3. The Morgan fingerprint density at radius 2 is 1.96 bits per heavy atom. The quantitative estimate of drug-likeness (QED) is 0.761. The Morgan fingerprint density at radius 1 is 1.19 bits per heavy atom. The number of hydrogen-bond donors (Lipinski definition) is 0. The van der Waals surface area contributed by atoms with Crippen molar-refractivity contribution in [3.63, 3.8) is 0 Å². The number of ether oxygens (including phenoxy) is 1. The number of esters is 1. The van der Waals surface area contributed by atoms with Crippen LogP contribution in [0.25, 0.3) is 0 Å². The number of aryl methyl sites for hydroxylation is 1. The molecular formula is C22H29NO3. The predicted octanol–water partition coefficient (Wildman–Crippen LogP) is 4.25. The average Bonchev–Trinajstić information content (AvgIpc) is 3.15. The van der Waals surface area contributed by atoms with E-state index >= 15 is 0 Å². The van der Waals surface area contributed by atoms with Crippen LogP contribution < -0.4 is 4.90 Å². The van der Waals surface area contributed by atoms with Gasteiger partial charge in [0.15, 0.2) is 0 Å². The van der Waals surface area contributed by atoms with Crippen molar-refractivity contribution in [2.45, 2.75) is 64.7 Å². The van der Waals surface area contributed by atoms with Crippen LogP contribution in [0.4, 0.5) is 5.69 Å². The summed E-state index contributed by atoms with van der Waals surface area (Å²) in [5, 5.41) is 0. The van der Waals surface area contributed by atoms with Crippen LogP contribution in [-0.4, -0.2) is 31.4 Å². The molecule has 1 saturated heterocycles. The van der Waals surface area contributed by atoms with Gasteiger partial charge in [-0.1, -0.05) is 6.92 Å². The topological polar surface area (TPSA) is 46.6 Å². The molecule has 1 aliphatic heterocycles. The number of rotatable bonds is 3. The SMILES string of the molecule is CCOC(=O)c1cc2c(cc1N1CCCC1)CC[C@]1(C)CCCC(=O)[C@H]21. The van der Waals surface area contributed by atoms with Gasteiger partial charge in [-0.2, -0.15) is 0 Å². The Bertz CT molecular complexity index is 735. The summed E-state index contributed by atoms with van der Waals surface area (Å²) in [4.78, 5) is 27.8. The molecule has 1 heterocycles. The fourth-order valence-corrected chi connectivity index (χ4v) is 5.31. The zero-order valence-electron chi connectivity index (χ0n) is 16.0. The first-order chi connectivity index (χ1) is 12.5. The maximum atomic E-state index is 12.8. The van der Waals surface area contributed by atoms with E-state index in [0.717, 1.165) is 50.0 Å². The summed E-state index contributed by atoms with van der Waals surface area (Å²) < 4.78 is 5.36. The van der Waals surface area contributed by atoms with Crippen molar-refractivity contribution in [3.05, 3.63) is 28.8 Å². The second kappa shape index (κ2) is 6.71. The van der Waals surface area contributed by atoms with Crippen LogP contribution in [0.5, 0.6) is 0 Å². The van der Waals surface area contributed by atoms with Crippen LogP contribution in [0.2, 0.25) is 0 Å². The lowest BCUT2D eigenvalue weighted by atomic mass is 9.58. The lowest BCUT2D eigenvalue weighted by molar-refractivity contribution is -0.126. The van der Waals surface area contributed by atoms with E-state index in [9.17, 15) is 9.59 Å². The minimum atomic E-state index is -0.257. The monoisotopic (exact) mass is 355 g/mol. The first kappa shape index (κ1) is 17.6. The third-order valence-electron chi connectivity index (χ3n) is 6.67. The first-order valence-electron chi connectivity index (χ1n) is 10.1. The zero-order valence-corrected chi connectivity index (χ0v) is 16.0. The van der Waals surface area contributed by atoms with Gasteiger partial charge in [0.05, 0.1) is 17.9 Å². The molecule has 2 aliphatic carbocycles. The molecule has 0 radical (unpaired) electrons. The van der Waals surface area contributed by atoms with E-state index in [1.165, 1.54) is 18.4 Å². The highest BCUT2D eigenvalue weighted by Crippen LogP contribution is 2.53. The fraction of sp³-hybridized carbons (Fsp3) is 0.636. The molecule has 0 unspecified atom stereocenters. The number of nitrogens with zero attached hydrogens (tertiary/aromatic N) is 1. The summed E-state index contributed by atoms with van der Waals surface area (Å²) in [6.45, 7) is 6.45. The minimum Gasteiger partial charge on any atom is -0.462 e. The first-order valence-corrected chi connectivity index (χ1v) is 10.1. The fourth-order valence-electron chi connectivity index (χ4n) is 5.31. The maximum absolute atomic E-state index is 12.8. The van der Waals surface area contributed by atoms with E-state index in [1.54, 1.807) is 0 Å². The minimum absolute atomic E-state index is 0.0451. The molecule has 1 aromatic rings. The Balaban J connectivity index is 1.83. The summed E-state index contributed by atoms with van der Waals surface area (Å²) in [5.41, 5.74) is 4.05. The molecule has 26 heavy (non-hydrogen) atoms. The van der Waals surface area contributed by atoms with Gasteiger partial charge in [0.1, 0.15) is 5.78 Å². The van der Waals surface area contributed by atoms with Crippen LogP contribution in [0.1, 0.15) is 79.8 Å². The summed E-state index contributed by atoms with van der Waals surface area (Å²) in [6.07, 6.45) is 7.16. The van der Waals surface area contributed by atoms with E-state index in [-0.39, 0.29) is 17.3 Å². The predicted molar refractivity (Wildman–Crippen MR) is 102 cm³/mol. The van der Waals surface area contributed by atoms with Crippen molar-refractivity contribution in [2.24, 2.45) is 5.41 Å². The van der Waals surface area contributed by atoms with E-state index in [4.69, 9.17) is 4.74 Å². The second-order valence-corrected chi connectivity index (χ2v) is 8.39. The van der Waals surface area contributed by atoms with Crippen molar-refractivity contribution in [2.75, 3.05) is 24.6 Å². The summed E-state index contributed by atoms with van der Waals surface area (Å²) in [5.74, 6) is 0.0389. The van der Waals surface area contributed by atoms with Gasteiger partial charge in [0.25, 0.3) is 0 Å². The van der Waals surface area contributed by atoms with Gasteiger partial charge >= 0.3 is 5.97 Å². The number of carbonyl (C=O) groups is 2. The van der Waals surface area contributed by atoms with Crippen LogP contribution >= 0.6 is 0 Å². The van der Waals surface area contributed by atoms with Gasteiger partial charge in [-0.05, 0) is 74.1 Å². The molecule has 0 aromatic heterocycles. The van der Waals surface area contributed by atoms with Gasteiger partial charge in [-0.3, -0.25) is 4.79 Å². The van der Waals surface area contributed by atoms with E-state index in [0.29, 0.717) is 24.4 Å². The molecule has 0 N–H and O–H groups in total. The molecule has 0 spiro atoms. The molecule has 0 amide bonds. The number of fused-ring (bicyclic) bond motifs is 3. The van der Waals surface area contributed by atoms with Crippen molar-refractivity contribution in [1.29, 1.82) is 0 Å². The van der Waals surface area contributed by atoms with E-state index < -0.39 is 0 Å². The normalized spacial score (nSPS) is 27.8. The summed E-state index contributed by atoms with van der Waals surface area (Å²) in [6, 6.07) is 4.20. The molecule has 1 saturated carbocycles. The summed E-state index contributed by atoms with van der Waals surface area (Å²) in [7, 11) is 0. The second-order valence-electron chi connectivity index (χ2n) is 8.39.